The Morgan fingerprint density at radius 3 is 2.30 bits per heavy atom. The average molecular weight is 474 g/mol. The zero-order valence-electron chi connectivity index (χ0n) is 19.0. The second-order valence-electron chi connectivity index (χ2n) is 7.72. The molecule has 0 atom stereocenters. The minimum absolute atomic E-state index is 0.119. The predicted molar refractivity (Wildman–Crippen MR) is 126 cm³/mol. The van der Waals surface area contributed by atoms with Crippen molar-refractivity contribution in [2.45, 2.75) is 43.7 Å². The van der Waals surface area contributed by atoms with Gasteiger partial charge in [-0.05, 0) is 60.2 Å². The minimum atomic E-state index is -3.79. The largest absolute Gasteiger partial charge is 0.497 e. The molecule has 0 saturated heterocycles. The van der Waals surface area contributed by atoms with Crippen LogP contribution < -0.4 is 9.47 Å². The molecule has 9 heteroatoms. The summed E-state index contributed by atoms with van der Waals surface area (Å²) in [5.41, 5.74) is 2.80. The van der Waals surface area contributed by atoms with Gasteiger partial charge in [0.15, 0.2) is 0 Å². The van der Waals surface area contributed by atoms with E-state index in [-0.39, 0.29) is 24.6 Å². The van der Waals surface area contributed by atoms with Crippen molar-refractivity contribution >= 4 is 10.0 Å². The van der Waals surface area contributed by atoms with Crippen LogP contribution in [-0.2, 0) is 29.5 Å². The summed E-state index contributed by atoms with van der Waals surface area (Å²) in [6, 6.07) is 13.1. The Kier molecular flexibility index (Phi) is 8.87. The lowest BCUT2D eigenvalue weighted by molar-refractivity contribution is 0.283. The molecule has 2 aromatic carbocycles. The summed E-state index contributed by atoms with van der Waals surface area (Å²) < 4.78 is 39.0. The van der Waals surface area contributed by atoms with Crippen LogP contribution >= 0.6 is 0 Å². The van der Waals surface area contributed by atoms with Gasteiger partial charge in [-0.25, -0.2) is 8.42 Å². The summed E-state index contributed by atoms with van der Waals surface area (Å²) in [5.74, 6) is 1.44. The van der Waals surface area contributed by atoms with E-state index in [1.807, 2.05) is 42.5 Å². The number of aliphatic hydroxyl groups excluding tert-OH is 1. The highest BCUT2D eigenvalue weighted by Crippen LogP contribution is 2.26. The number of aliphatic hydroxyl groups is 1. The van der Waals surface area contributed by atoms with Crippen LogP contribution in [0.15, 0.2) is 59.8 Å². The first-order valence-electron chi connectivity index (χ1n) is 10.9. The number of ether oxygens (including phenoxy) is 2. The van der Waals surface area contributed by atoms with Gasteiger partial charge in [-0.3, -0.25) is 5.10 Å². The highest BCUT2D eigenvalue weighted by molar-refractivity contribution is 7.89. The number of methoxy groups -OCH3 is 2. The fourth-order valence-electron chi connectivity index (χ4n) is 3.60. The van der Waals surface area contributed by atoms with E-state index in [0.29, 0.717) is 5.75 Å². The lowest BCUT2D eigenvalue weighted by Gasteiger charge is -2.23. The quantitative estimate of drug-likeness (QED) is 0.368. The SMILES string of the molecule is COc1ccc(CN(Cc2ccc(OC)cc2CCCCCO)S(=O)(=O)c2cn[nH]c2)cc1. The van der Waals surface area contributed by atoms with Crippen molar-refractivity contribution in [1.82, 2.24) is 14.5 Å². The number of rotatable bonds is 13. The van der Waals surface area contributed by atoms with Crippen molar-refractivity contribution in [3.05, 3.63) is 71.5 Å². The van der Waals surface area contributed by atoms with Gasteiger partial charge in [-0.1, -0.05) is 24.6 Å². The third kappa shape index (κ3) is 6.56. The number of nitrogens with zero attached hydrogens (tertiary/aromatic N) is 2. The van der Waals surface area contributed by atoms with E-state index in [2.05, 4.69) is 10.2 Å². The highest BCUT2D eigenvalue weighted by atomic mass is 32.2. The van der Waals surface area contributed by atoms with Gasteiger partial charge in [0, 0.05) is 25.9 Å². The van der Waals surface area contributed by atoms with Gasteiger partial charge in [0.1, 0.15) is 16.4 Å². The molecule has 0 aliphatic heterocycles. The maximum Gasteiger partial charge on any atom is 0.246 e. The molecule has 0 bridgehead atoms. The number of H-pyrrole nitrogens is 1. The zero-order valence-corrected chi connectivity index (χ0v) is 19.8. The van der Waals surface area contributed by atoms with Crippen molar-refractivity contribution in [2.75, 3.05) is 20.8 Å². The third-order valence-electron chi connectivity index (χ3n) is 5.49. The van der Waals surface area contributed by atoms with Crippen molar-refractivity contribution in [2.24, 2.45) is 0 Å². The van der Waals surface area contributed by atoms with Gasteiger partial charge in [0.2, 0.25) is 10.0 Å². The number of hydrogen-bond donors (Lipinski definition) is 2. The van der Waals surface area contributed by atoms with Crippen LogP contribution in [0.2, 0.25) is 0 Å². The lowest BCUT2D eigenvalue weighted by atomic mass is 10.0. The molecule has 1 aromatic heterocycles. The summed E-state index contributed by atoms with van der Waals surface area (Å²) in [6.45, 7) is 0.579. The summed E-state index contributed by atoms with van der Waals surface area (Å²) >= 11 is 0. The van der Waals surface area contributed by atoms with E-state index in [0.717, 1.165) is 48.1 Å². The molecule has 0 aliphatic carbocycles. The number of hydrogen-bond acceptors (Lipinski definition) is 6. The fourth-order valence-corrected chi connectivity index (χ4v) is 4.91. The Bertz CT molecular complexity index is 1100. The van der Waals surface area contributed by atoms with Gasteiger partial charge >= 0.3 is 0 Å². The number of unbranched alkanes of at least 4 members (excludes halogenated alkanes) is 2. The minimum Gasteiger partial charge on any atom is -0.497 e. The molecule has 0 unspecified atom stereocenters. The van der Waals surface area contributed by atoms with Crippen LogP contribution in [0.25, 0.3) is 0 Å². The zero-order chi connectivity index (χ0) is 23.7. The van der Waals surface area contributed by atoms with E-state index in [1.54, 1.807) is 14.2 Å². The molecule has 1 heterocycles. The topological polar surface area (TPSA) is 105 Å². The monoisotopic (exact) mass is 473 g/mol. The number of aromatic amines is 1. The van der Waals surface area contributed by atoms with Crippen LogP contribution in [0.1, 0.15) is 36.0 Å². The number of nitrogens with one attached hydrogen (secondary N) is 1. The Hall–Kier alpha value is -2.88. The van der Waals surface area contributed by atoms with Crippen molar-refractivity contribution in [3.63, 3.8) is 0 Å². The van der Waals surface area contributed by atoms with Gasteiger partial charge in [0.25, 0.3) is 0 Å². The Morgan fingerprint density at radius 2 is 1.67 bits per heavy atom. The molecular weight excluding hydrogens is 442 g/mol. The van der Waals surface area contributed by atoms with Crippen LogP contribution in [-0.4, -0.2) is 48.9 Å². The molecule has 8 nitrogen and oxygen atoms in total. The maximum absolute atomic E-state index is 13.4. The van der Waals surface area contributed by atoms with E-state index in [9.17, 15) is 8.42 Å². The van der Waals surface area contributed by atoms with Crippen molar-refractivity contribution in [1.29, 1.82) is 0 Å². The van der Waals surface area contributed by atoms with Crippen LogP contribution in [0, 0.1) is 0 Å². The molecule has 0 aliphatic rings. The second kappa shape index (κ2) is 11.8. The molecule has 2 N–H and O–H groups in total. The summed E-state index contributed by atoms with van der Waals surface area (Å²) in [4.78, 5) is 0.119. The van der Waals surface area contributed by atoms with Gasteiger partial charge in [0.05, 0.1) is 20.4 Å². The predicted octanol–water partition coefficient (Wildman–Crippen LogP) is 3.52. The van der Waals surface area contributed by atoms with Crippen molar-refractivity contribution in [3.8, 4) is 11.5 Å². The maximum atomic E-state index is 13.4. The van der Waals surface area contributed by atoms with E-state index < -0.39 is 10.0 Å². The van der Waals surface area contributed by atoms with Gasteiger partial charge in [-0.2, -0.15) is 9.40 Å². The molecule has 0 amide bonds. The smallest absolute Gasteiger partial charge is 0.246 e. The first-order valence-corrected chi connectivity index (χ1v) is 12.3. The molecule has 0 spiro atoms. The molecular formula is C24H31N3O5S. The molecule has 0 fully saturated rings. The van der Waals surface area contributed by atoms with E-state index in [4.69, 9.17) is 14.6 Å². The number of aromatic nitrogens is 2. The molecule has 3 aromatic rings. The Morgan fingerprint density at radius 1 is 0.939 bits per heavy atom. The van der Waals surface area contributed by atoms with Crippen LogP contribution in [0.5, 0.6) is 11.5 Å². The summed E-state index contributed by atoms with van der Waals surface area (Å²) in [7, 11) is -0.579. The Balaban J connectivity index is 1.92. The van der Waals surface area contributed by atoms with Gasteiger partial charge < -0.3 is 14.6 Å². The molecule has 33 heavy (non-hydrogen) atoms. The lowest BCUT2D eigenvalue weighted by Crippen LogP contribution is -2.30. The van der Waals surface area contributed by atoms with Gasteiger partial charge in [-0.15, -0.1) is 0 Å². The first-order chi connectivity index (χ1) is 16.0. The first kappa shape index (κ1) is 24.8. The molecule has 3 rings (SSSR count). The highest BCUT2D eigenvalue weighted by Gasteiger charge is 2.27. The standard InChI is InChI=1S/C24H31N3O5S/c1-31-22-10-7-19(8-11-22)17-27(33(29,30)24-15-25-26-16-24)18-21-9-12-23(32-2)14-20(21)6-4-3-5-13-28/h7-12,14-16,28H,3-6,13,17-18H2,1-2H3,(H,25,26). The average Bonchev–Trinajstić information content (AvgIpc) is 3.38. The number of aryl methyl sites for hydroxylation is 1. The van der Waals surface area contributed by atoms with Crippen LogP contribution in [0.4, 0.5) is 0 Å². The number of benzene rings is 2. The normalized spacial score (nSPS) is 11.6. The van der Waals surface area contributed by atoms with E-state index >= 15 is 0 Å². The Labute approximate surface area is 195 Å². The molecule has 0 radical (unpaired) electrons. The number of sulfonamides is 1. The third-order valence-corrected chi connectivity index (χ3v) is 7.25. The molecule has 178 valence electrons. The fraction of sp³-hybridized carbons (Fsp3) is 0.375. The van der Waals surface area contributed by atoms with Crippen LogP contribution in [0.3, 0.4) is 0 Å². The molecule has 0 saturated carbocycles. The summed E-state index contributed by atoms with van der Waals surface area (Å²) in [5, 5.41) is 15.5. The van der Waals surface area contributed by atoms with E-state index in [1.165, 1.54) is 16.7 Å². The summed E-state index contributed by atoms with van der Waals surface area (Å²) in [6.07, 6.45) is 6.02. The second-order valence-corrected chi connectivity index (χ2v) is 9.66. The van der Waals surface area contributed by atoms with Crippen molar-refractivity contribution < 1.29 is 23.0 Å².